The molecule has 2 aromatic carbocycles. The number of hydrogen-bond acceptors (Lipinski definition) is 5. The fraction of sp³-hybridized carbons (Fsp3) is 0.227. The zero-order chi connectivity index (χ0) is 20.1. The molecule has 1 aromatic heterocycles. The molecule has 6 heteroatoms. The number of benzene rings is 2. The number of amides is 1. The highest BCUT2D eigenvalue weighted by Crippen LogP contribution is 2.28. The Kier molecular flexibility index (Phi) is 5.89. The van der Waals surface area contributed by atoms with E-state index in [0.717, 1.165) is 5.56 Å². The lowest BCUT2D eigenvalue weighted by Crippen LogP contribution is -2.34. The van der Waals surface area contributed by atoms with E-state index in [1.54, 1.807) is 31.4 Å². The second-order valence-electron chi connectivity index (χ2n) is 6.60. The quantitative estimate of drug-likeness (QED) is 0.663. The van der Waals surface area contributed by atoms with Crippen molar-refractivity contribution < 1.29 is 19.1 Å². The summed E-state index contributed by atoms with van der Waals surface area (Å²) in [7, 11) is 1.56. The minimum atomic E-state index is -0.586. The van der Waals surface area contributed by atoms with Crippen LogP contribution in [0.4, 0.5) is 0 Å². The first-order chi connectivity index (χ1) is 13.5. The lowest BCUT2D eigenvalue weighted by atomic mass is 10.0. The minimum absolute atomic E-state index is 0.0260. The summed E-state index contributed by atoms with van der Waals surface area (Å²) < 4.78 is 10.5. The fourth-order valence-corrected chi connectivity index (χ4v) is 2.83. The van der Waals surface area contributed by atoms with Gasteiger partial charge in [0, 0.05) is 17.0 Å². The molecule has 0 aliphatic heterocycles. The maximum Gasteiger partial charge on any atom is 0.339 e. The van der Waals surface area contributed by atoms with Crippen LogP contribution in [0.1, 0.15) is 24.2 Å². The number of carbonyl (C=O) groups excluding carboxylic acids is 2. The van der Waals surface area contributed by atoms with E-state index >= 15 is 0 Å². The fourth-order valence-electron chi connectivity index (χ4n) is 2.83. The van der Waals surface area contributed by atoms with Gasteiger partial charge in [-0.3, -0.25) is 4.79 Å². The van der Waals surface area contributed by atoms with Crippen molar-refractivity contribution in [1.82, 2.24) is 10.3 Å². The molecule has 3 rings (SSSR count). The number of pyridine rings is 1. The van der Waals surface area contributed by atoms with Gasteiger partial charge in [-0.05, 0) is 38.1 Å². The smallest absolute Gasteiger partial charge is 0.339 e. The van der Waals surface area contributed by atoms with Crippen LogP contribution >= 0.6 is 0 Å². The van der Waals surface area contributed by atoms with Crippen LogP contribution in [0.5, 0.6) is 5.75 Å². The molecule has 0 saturated carbocycles. The summed E-state index contributed by atoms with van der Waals surface area (Å²) in [5, 5.41) is 3.30. The number of esters is 1. The summed E-state index contributed by atoms with van der Waals surface area (Å²) in [5.74, 6) is -0.326. The number of carbonyl (C=O) groups is 2. The summed E-state index contributed by atoms with van der Waals surface area (Å²) in [4.78, 5) is 29.2. The number of hydrogen-bond donors (Lipinski definition) is 1. The van der Waals surface area contributed by atoms with Gasteiger partial charge in [0.25, 0.3) is 5.91 Å². The van der Waals surface area contributed by atoms with E-state index in [9.17, 15) is 9.59 Å². The van der Waals surface area contributed by atoms with Gasteiger partial charge in [-0.1, -0.05) is 30.3 Å². The number of methoxy groups -OCH3 is 1. The maximum absolute atomic E-state index is 12.8. The minimum Gasteiger partial charge on any atom is -0.497 e. The van der Waals surface area contributed by atoms with Crippen LogP contribution in [-0.4, -0.2) is 36.6 Å². The molecule has 0 spiro atoms. The zero-order valence-corrected chi connectivity index (χ0v) is 16.1. The van der Waals surface area contributed by atoms with Gasteiger partial charge in [-0.2, -0.15) is 0 Å². The molecule has 0 saturated heterocycles. The molecule has 6 nitrogen and oxygen atoms in total. The highest BCUT2D eigenvalue weighted by Gasteiger charge is 2.17. The molecule has 144 valence electrons. The van der Waals surface area contributed by atoms with Gasteiger partial charge in [-0.25, -0.2) is 9.78 Å². The van der Waals surface area contributed by atoms with E-state index in [1.807, 2.05) is 44.2 Å². The van der Waals surface area contributed by atoms with Crippen LogP contribution in [0.3, 0.4) is 0 Å². The molecular weight excluding hydrogens is 356 g/mol. The third kappa shape index (κ3) is 4.46. The Labute approximate surface area is 163 Å². The summed E-state index contributed by atoms with van der Waals surface area (Å²) >= 11 is 0. The van der Waals surface area contributed by atoms with Crippen molar-refractivity contribution in [3.63, 3.8) is 0 Å². The largest absolute Gasteiger partial charge is 0.497 e. The summed E-state index contributed by atoms with van der Waals surface area (Å²) in [5.41, 5.74) is 2.50. The average Bonchev–Trinajstić information content (AvgIpc) is 2.71. The van der Waals surface area contributed by atoms with Crippen LogP contribution in [0, 0.1) is 0 Å². The SMILES string of the molecule is COc1ccc2nc(-c3ccccc3)cc(C(=O)OCC(=O)NC(C)C)c2c1. The molecule has 3 aromatic rings. The van der Waals surface area contributed by atoms with Gasteiger partial charge < -0.3 is 14.8 Å². The van der Waals surface area contributed by atoms with Gasteiger partial charge in [0.05, 0.1) is 23.9 Å². The number of fused-ring (bicyclic) bond motifs is 1. The van der Waals surface area contributed by atoms with E-state index in [2.05, 4.69) is 10.3 Å². The Balaban J connectivity index is 2.00. The number of aromatic nitrogens is 1. The van der Waals surface area contributed by atoms with Gasteiger partial charge in [-0.15, -0.1) is 0 Å². The predicted octanol–water partition coefficient (Wildman–Crippen LogP) is 3.59. The Morgan fingerprint density at radius 3 is 2.50 bits per heavy atom. The lowest BCUT2D eigenvalue weighted by molar-refractivity contribution is -0.124. The molecule has 0 aliphatic rings. The molecule has 0 aliphatic carbocycles. The third-order valence-corrected chi connectivity index (χ3v) is 4.09. The first-order valence-corrected chi connectivity index (χ1v) is 8.98. The van der Waals surface area contributed by atoms with E-state index in [1.165, 1.54) is 0 Å². The normalized spacial score (nSPS) is 10.7. The highest BCUT2D eigenvalue weighted by atomic mass is 16.5. The van der Waals surface area contributed by atoms with Crippen molar-refractivity contribution in [2.75, 3.05) is 13.7 Å². The first-order valence-electron chi connectivity index (χ1n) is 8.98. The standard InChI is InChI=1S/C22H22N2O4/c1-14(2)23-21(25)13-28-22(26)18-12-20(15-7-5-4-6-8-15)24-19-10-9-16(27-3)11-17(18)19/h4-12,14H,13H2,1-3H3,(H,23,25). The second kappa shape index (κ2) is 8.52. The van der Waals surface area contributed by atoms with E-state index in [-0.39, 0.29) is 18.6 Å². The predicted molar refractivity (Wildman–Crippen MR) is 107 cm³/mol. The molecule has 0 radical (unpaired) electrons. The average molecular weight is 378 g/mol. The Bertz CT molecular complexity index is 1000. The topological polar surface area (TPSA) is 77.5 Å². The second-order valence-corrected chi connectivity index (χ2v) is 6.60. The van der Waals surface area contributed by atoms with Crippen LogP contribution in [-0.2, 0) is 9.53 Å². The number of ether oxygens (including phenoxy) is 2. The Morgan fingerprint density at radius 2 is 1.82 bits per heavy atom. The van der Waals surface area contributed by atoms with E-state index in [4.69, 9.17) is 9.47 Å². The van der Waals surface area contributed by atoms with Crippen LogP contribution in [0.25, 0.3) is 22.2 Å². The molecular formula is C22H22N2O4. The van der Waals surface area contributed by atoms with Crippen molar-refractivity contribution in [3.8, 4) is 17.0 Å². The molecule has 0 fully saturated rings. The Hall–Kier alpha value is -3.41. The highest BCUT2D eigenvalue weighted by molar-refractivity contribution is 6.05. The molecule has 1 amide bonds. The van der Waals surface area contributed by atoms with Crippen molar-refractivity contribution >= 4 is 22.8 Å². The molecule has 28 heavy (non-hydrogen) atoms. The molecule has 1 N–H and O–H groups in total. The van der Waals surface area contributed by atoms with Crippen LogP contribution < -0.4 is 10.1 Å². The Morgan fingerprint density at radius 1 is 1.07 bits per heavy atom. The zero-order valence-electron chi connectivity index (χ0n) is 16.1. The molecule has 0 atom stereocenters. The van der Waals surface area contributed by atoms with Crippen molar-refractivity contribution in [1.29, 1.82) is 0 Å². The number of nitrogens with one attached hydrogen (secondary N) is 1. The number of nitrogens with zero attached hydrogens (tertiary/aromatic N) is 1. The maximum atomic E-state index is 12.8. The third-order valence-electron chi connectivity index (χ3n) is 4.09. The van der Waals surface area contributed by atoms with E-state index in [0.29, 0.717) is 27.9 Å². The van der Waals surface area contributed by atoms with Crippen molar-refractivity contribution in [3.05, 3.63) is 60.2 Å². The van der Waals surface area contributed by atoms with Crippen molar-refractivity contribution in [2.24, 2.45) is 0 Å². The lowest BCUT2D eigenvalue weighted by Gasteiger charge is -2.12. The molecule has 1 heterocycles. The summed E-state index contributed by atoms with van der Waals surface area (Å²) in [6.07, 6.45) is 0. The van der Waals surface area contributed by atoms with Crippen molar-refractivity contribution in [2.45, 2.75) is 19.9 Å². The number of rotatable bonds is 6. The van der Waals surface area contributed by atoms with Crippen LogP contribution in [0.15, 0.2) is 54.6 Å². The summed E-state index contributed by atoms with van der Waals surface area (Å²) in [6.45, 7) is 3.34. The van der Waals surface area contributed by atoms with Crippen LogP contribution in [0.2, 0.25) is 0 Å². The van der Waals surface area contributed by atoms with E-state index < -0.39 is 5.97 Å². The van der Waals surface area contributed by atoms with Gasteiger partial charge in [0.15, 0.2) is 6.61 Å². The first kappa shape index (κ1) is 19.4. The summed E-state index contributed by atoms with van der Waals surface area (Å²) in [6, 6.07) is 16.5. The monoisotopic (exact) mass is 378 g/mol. The van der Waals surface area contributed by atoms with Gasteiger partial charge >= 0.3 is 5.97 Å². The van der Waals surface area contributed by atoms with Gasteiger partial charge in [0.2, 0.25) is 0 Å². The molecule has 0 bridgehead atoms. The molecule has 0 unspecified atom stereocenters. The van der Waals surface area contributed by atoms with Gasteiger partial charge in [0.1, 0.15) is 5.75 Å².